The molecule has 1 unspecified atom stereocenters. The number of carbonyl (C=O) groups excluding carboxylic acids is 2. The molecule has 0 saturated carbocycles. The fourth-order valence-corrected chi connectivity index (χ4v) is 2.98. The van der Waals surface area contributed by atoms with Gasteiger partial charge in [0.1, 0.15) is 5.78 Å². The number of nitrogens with zero attached hydrogens (tertiary/aromatic N) is 1. The number of hydrogen-bond acceptors (Lipinski definition) is 4. The summed E-state index contributed by atoms with van der Waals surface area (Å²) in [7, 11) is 0. The number of fused-ring (bicyclic) bond motifs is 1. The van der Waals surface area contributed by atoms with Crippen LogP contribution < -0.4 is 4.90 Å². The van der Waals surface area contributed by atoms with Crippen molar-refractivity contribution in [3.8, 4) is 0 Å². The van der Waals surface area contributed by atoms with Crippen molar-refractivity contribution in [2.45, 2.75) is 31.3 Å². The summed E-state index contributed by atoms with van der Waals surface area (Å²) in [6.07, 6.45) is -0.150. The quantitative estimate of drug-likeness (QED) is 0.917. The molecule has 0 aliphatic carbocycles. The van der Waals surface area contributed by atoms with E-state index in [1.807, 2.05) is 18.2 Å². The number of aliphatic hydroxyl groups excluding tert-OH is 1. The van der Waals surface area contributed by atoms with Gasteiger partial charge in [-0.2, -0.15) is 0 Å². The molecule has 1 heterocycles. The fourth-order valence-electron chi connectivity index (χ4n) is 2.00. The maximum absolute atomic E-state index is 11.9. The molecule has 4 nitrogen and oxygen atoms in total. The molecule has 1 N–H and O–H groups in total. The Balaban J connectivity index is 2.28. The Kier molecular flexibility index (Phi) is 4.27. The van der Waals surface area contributed by atoms with E-state index in [9.17, 15) is 14.7 Å². The van der Waals surface area contributed by atoms with Crippen LogP contribution in [0.15, 0.2) is 23.1 Å². The average molecular weight is 279 g/mol. The fraction of sp³-hybridized carbons (Fsp3) is 0.429. The van der Waals surface area contributed by atoms with Crippen LogP contribution in [-0.2, 0) is 9.59 Å². The molecule has 1 aromatic rings. The lowest BCUT2D eigenvalue weighted by molar-refractivity contribution is -0.117. The number of ketones is 1. The van der Waals surface area contributed by atoms with Crippen LogP contribution in [0.3, 0.4) is 0 Å². The van der Waals surface area contributed by atoms with Gasteiger partial charge in [0.25, 0.3) is 0 Å². The van der Waals surface area contributed by atoms with E-state index < -0.39 is 6.10 Å². The number of hydrogen-bond donors (Lipinski definition) is 1. The molecular weight excluding hydrogens is 262 g/mol. The molecule has 0 spiro atoms. The smallest absolute Gasteiger partial charge is 0.237 e. The van der Waals surface area contributed by atoms with Crippen LogP contribution in [0.5, 0.6) is 0 Å². The molecule has 19 heavy (non-hydrogen) atoms. The molecule has 0 aromatic heterocycles. The zero-order valence-corrected chi connectivity index (χ0v) is 11.9. The van der Waals surface area contributed by atoms with E-state index in [0.29, 0.717) is 18.7 Å². The first kappa shape index (κ1) is 14.1. The highest BCUT2D eigenvalue weighted by atomic mass is 32.2. The summed E-state index contributed by atoms with van der Waals surface area (Å²) >= 11 is 1.48. The molecule has 0 fully saturated rings. The lowest BCUT2D eigenvalue weighted by atomic mass is 10.1. The van der Waals surface area contributed by atoms with Crippen LogP contribution in [0.1, 0.15) is 31.9 Å². The maximum atomic E-state index is 11.9. The standard InChI is InChI=1S/C14H17NO3S/c1-9(16)5-6-15-12-4-3-11(10(2)17)7-13(12)19-8-14(15)18/h3-4,7,10,17H,5-6,8H2,1-2H3. The summed E-state index contributed by atoms with van der Waals surface area (Å²) < 4.78 is 0. The van der Waals surface area contributed by atoms with Crippen LogP contribution in [0.25, 0.3) is 0 Å². The Hall–Kier alpha value is -1.33. The minimum atomic E-state index is -0.519. The number of rotatable bonds is 4. The van der Waals surface area contributed by atoms with E-state index in [2.05, 4.69) is 0 Å². The lowest BCUT2D eigenvalue weighted by Gasteiger charge is -2.29. The molecular formula is C14H17NO3S. The number of anilines is 1. The van der Waals surface area contributed by atoms with Crippen molar-refractivity contribution in [2.75, 3.05) is 17.2 Å². The average Bonchev–Trinajstić information content (AvgIpc) is 2.36. The second-order valence-electron chi connectivity index (χ2n) is 4.69. The van der Waals surface area contributed by atoms with E-state index >= 15 is 0 Å². The molecule has 1 amide bonds. The SMILES string of the molecule is CC(=O)CCN1C(=O)CSc2cc(C(C)O)ccc21. The third-order valence-electron chi connectivity index (χ3n) is 3.10. The number of Topliss-reactive ketones (excluding diaryl/α,β-unsaturated/α-hetero) is 1. The van der Waals surface area contributed by atoms with Gasteiger partial charge in [0.15, 0.2) is 0 Å². The Morgan fingerprint density at radius 2 is 2.26 bits per heavy atom. The van der Waals surface area contributed by atoms with E-state index in [1.54, 1.807) is 11.8 Å². The molecule has 0 saturated heterocycles. The molecule has 1 aliphatic heterocycles. The lowest BCUT2D eigenvalue weighted by Crippen LogP contribution is -2.36. The van der Waals surface area contributed by atoms with Gasteiger partial charge in [0.2, 0.25) is 5.91 Å². The number of amides is 1. The third-order valence-corrected chi connectivity index (χ3v) is 4.13. The predicted molar refractivity (Wildman–Crippen MR) is 75.5 cm³/mol. The van der Waals surface area contributed by atoms with E-state index in [1.165, 1.54) is 18.7 Å². The maximum Gasteiger partial charge on any atom is 0.237 e. The Labute approximate surface area is 116 Å². The topological polar surface area (TPSA) is 57.6 Å². The second-order valence-corrected chi connectivity index (χ2v) is 5.71. The van der Waals surface area contributed by atoms with Crippen molar-refractivity contribution in [2.24, 2.45) is 0 Å². The first-order valence-corrected chi connectivity index (χ1v) is 7.22. The number of carbonyl (C=O) groups is 2. The van der Waals surface area contributed by atoms with Crippen LogP contribution in [-0.4, -0.2) is 29.1 Å². The number of benzene rings is 1. The van der Waals surface area contributed by atoms with Crippen molar-refractivity contribution in [1.82, 2.24) is 0 Å². The third kappa shape index (κ3) is 3.16. The van der Waals surface area contributed by atoms with Crippen molar-refractivity contribution >= 4 is 29.1 Å². The minimum absolute atomic E-state index is 0.0311. The Bertz CT molecular complexity index is 513. The number of aliphatic hydroxyl groups is 1. The van der Waals surface area contributed by atoms with Gasteiger partial charge in [0.05, 0.1) is 17.5 Å². The second kappa shape index (κ2) is 5.75. The van der Waals surface area contributed by atoms with E-state index in [4.69, 9.17) is 0 Å². The normalized spacial score (nSPS) is 16.2. The number of thioether (sulfide) groups is 1. The van der Waals surface area contributed by atoms with Gasteiger partial charge < -0.3 is 10.0 Å². The summed E-state index contributed by atoms with van der Waals surface area (Å²) in [5.41, 5.74) is 1.68. The molecule has 102 valence electrons. The molecule has 0 radical (unpaired) electrons. The highest BCUT2D eigenvalue weighted by molar-refractivity contribution is 8.00. The van der Waals surface area contributed by atoms with E-state index in [-0.39, 0.29) is 11.7 Å². The zero-order valence-electron chi connectivity index (χ0n) is 11.0. The van der Waals surface area contributed by atoms with Gasteiger partial charge in [-0.1, -0.05) is 6.07 Å². The molecule has 5 heteroatoms. The van der Waals surface area contributed by atoms with Gasteiger partial charge in [-0.05, 0) is 31.5 Å². The van der Waals surface area contributed by atoms with Gasteiger partial charge in [-0.15, -0.1) is 11.8 Å². The predicted octanol–water partition coefficient (Wildman–Crippen LogP) is 2.16. The first-order chi connectivity index (χ1) is 8.99. The monoisotopic (exact) mass is 279 g/mol. The summed E-state index contributed by atoms with van der Waals surface area (Å²) in [6.45, 7) is 3.67. The molecule has 0 bridgehead atoms. The van der Waals surface area contributed by atoms with Crippen LogP contribution >= 0.6 is 11.8 Å². The van der Waals surface area contributed by atoms with Crippen molar-refractivity contribution < 1.29 is 14.7 Å². The van der Waals surface area contributed by atoms with Gasteiger partial charge in [0, 0.05) is 17.9 Å². The summed E-state index contributed by atoms with van der Waals surface area (Å²) in [6, 6.07) is 5.59. The Morgan fingerprint density at radius 1 is 1.53 bits per heavy atom. The molecule has 1 atom stereocenters. The van der Waals surface area contributed by atoms with Gasteiger partial charge in [-0.3, -0.25) is 9.59 Å². The highest BCUT2D eigenvalue weighted by Gasteiger charge is 2.25. The van der Waals surface area contributed by atoms with Crippen molar-refractivity contribution in [1.29, 1.82) is 0 Å². The summed E-state index contributed by atoms with van der Waals surface area (Å²) in [5.74, 6) is 0.491. The van der Waals surface area contributed by atoms with E-state index in [0.717, 1.165) is 16.1 Å². The van der Waals surface area contributed by atoms with Gasteiger partial charge >= 0.3 is 0 Å². The highest BCUT2D eigenvalue weighted by Crippen LogP contribution is 2.37. The zero-order chi connectivity index (χ0) is 14.0. The van der Waals surface area contributed by atoms with Crippen LogP contribution in [0, 0.1) is 0 Å². The molecule has 1 aromatic carbocycles. The minimum Gasteiger partial charge on any atom is -0.389 e. The van der Waals surface area contributed by atoms with Crippen molar-refractivity contribution in [3.05, 3.63) is 23.8 Å². The summed E-state index contributed by atoms with van der Waals surface area (Å²) in [5, 5.41) is 9.58. The van der Waals surface area contributed by atoms with Gasteiger partial charge in [-0.25, -0.2) is 0 Å². The van der Waals surface area contributed by atoms with Crippen LogP contribution in [0.4, 0.5) is 5.69 Å². The molecule has 2 rings (SSSR count). The summed E-state index contributed by atoms with van der Waals surface area (Å²) in [4.78, 5) is 25.7. The van der Waals surface area contributed by atoms with Crippen molar-refractivity contribution in [3.63, 3.8) is 0 Å². The molecule has 1 aliphatic rings. The van der Waals surface area contributed by atoms with Crippen LogP contribution in [0.2, 0.25) is 0 Å². The largest absolute Gasteiger partial charge is 0.389 e. The Morgan fingerprint density at radius 3 is 2.89 bits per heavy atom. The first-order valence-electron chi connectivity index (χ1n) is 6.23.